The molecule has 0 spiro atoms. The summed E-state index contributed by atoms with van der Waals surface area (Å²) in [6.45, 7) is 3.80. The summed E-state index contributed by atoms with van der Waals surface area (Å²) in [5.41, 5.74) is 7.63. The van der Waals surface area contributed by atoms with Gasteiger partial charge in [-0.05, 0) is 30.5 Å². The van der Waals surface area contributed by atoms with E-state index in [1.54, 1.807) is 6.07 Å². The zero-order valence-corrected chi connectivity index (χ0v) is 9.99. The number of ether oxygens (including phenoxy) is 1. The van der Waals surface area contributed by atoms with Crippen molar-refractivity contribution in [1.29, 1.82) is 0 Å². The molecule has 0 aromatic heterocycles. The van der Waals surface area contributed by atoms with Gasteiger partial charge in [-0.1, -0.05) is 6.07 Å². The maximum absolute atomic E-state index is 13.2. The summed E-state index contributed by atoms with van der Waals surface area (Å²) in [5, 5.41) is 0. The number of hydrogen-bond acceptors (Lipinski definition) is 3. The Kier molecular flexibility index (Phi) is 4.34. The SMILES string of the molecule is NCCOCCCN1CCc2ccc(F)cc21. The molecule has 17 heavy (non-hydrogen) atoms. The number of anilines is 1. The summed E-state index contributed by atoms with van der Waals surface area (Å²) < 4.78 is 18.5. The molecule has 0 saturated carbocycles. The van der Waals surface area contributed by atoms with Crippen LogP contribution in [0, 0.1) is 5.82 Å². The number of nitrogens with two attached hydrogens (primary N) is 1. The molecule has 0 unspecified atom stereocenters. The molecule has 1 aromatic carbocycles. The minimum atomic E-state index is -0.157. The van der Waals surface area contributed by atoms with Crippen molar-refractivity contribution in [2.45, 2.75) is 12.8 Å². The molecule has 0 amide bonds. The molecule has 1 aliphatic rings. The fourth-order valence-corrected chi connectivity index (χ4v) is 2.19. The molecule has 0 fully saturated rings. The molecule has 1 aromatic rings. The van der Waals surface area contributed by atoms with Crippen LogP contribution in [0.5, 0.6) is 0 Å². The highest BCUT2D eigenvalue weighted by Crippen LogP contribution is 2.28. The minimum Gasteiger partial charge on any atom is -0.380 e. The van der Waals surface area contributed by atoms with Gasteiger partial charge in [0.05, 0.1) is 6.61 Å². The topological polar surface area (TPSA) is 38.5 Å². The monoisotopic (exact) mass is 238 g/mol. The average Bonchev–Trinajstić information content (AvgIpc) is 2.72. The van der Waals surface area contributed by atoms with Crippen LogP contribution < -0.4 is 10.6 Å². The molecule has 2 rings (SSSR count). The lowest BCUT2D eigenvalue weighted by Crippen LogP contribution is -2.23. The first-order valence-corrected chi connectivity index (χ1v) is 6.12. The number of halogens is 1. The normalized spacial score (nSPS) is 14.1. The highest BCUT2D eigenvalue weighted by Gasteiger charge is 2.18. The first-order valence-electron chi connectivity index (χ1n) is 6.12. The quantitative estimate of drug-likeness (QED) is 0.764. The van der Waals surface area contributed by atoms with Gasteiger partial charge in [0.2, 0.25) is 0 Å². The molecule has 3 nitrogen and oxygen atoms in total. The maximum atomic E-state index is 13.2. The van der Waals surface area contributed by atoms with Crippen LogP contribution in [0.3, 0.4) is 0 Å². The second-order valence-corrected chi connectivity index (χ2v) is 4.26. The van der Waals surface area contributed by atoms with E-state index in [9.17, 15) is 4.39 Å². The van der Waals surface area contributed by atoms with Gasteiger partial charge in [-0.15, -0.1) is 0 Å². The van der Waals surface area contributed by atoms with E-state index in [0.29, 0.717) is 13.2 Å². The summed E-state index contributed by atoms with van der Waals surface area (Å²) in [6.07, 6.45) is 1.97. The maximum Gasteiger partial charge on any atom is 0.125 e. The Hall–Kier alpha value is -1.13. The van der Waals surface area contributed by atoms with Gasteiger partial charge in [0, 0.05) is 31.9 Å². The summed E-state index contributed by atoms with van der Waals surface area (Å²) in [6, 6.07) is 5.05. The molecule has 2 N–H and O–H groups in total. The first-order chi connectivity index (χ1) is 8.31. The lowest BCUT2D eigenvalue weighted by Gasteiger charge is -2.19. The lowest BCUT2D eigenvalue weighted by atomic mass is 10.2. The Labute approximate surface area is 101 Å². The Bertz CT molecular complexity index is 370. The molecule has 4 heteroatoms. The van der Waals surface area contributed by atoms with Gasteiger partial charge in [-0.3, -0.25) is 0 Å². The number of nitrogens with zero attached hydrogens (tertiary/aromatic N) is 1. The highest BCUT2D eigenvalue weighted by molar-refractivity contribution is 5.58. The summed E-state index contributed by atoms with van der Waals surface area (Å²) in [5.74, 6) is -0.157. The Morgan fingerprint density at radius 1 is 1.35 bits per heavy atom. The predicted octanol–water partition coefficient (Wildman–Crippen LogP) is 1.55. The van der Waals surface area contributed by atoms with E-state index in [1.165, 1.54) is 11.6 Å². The van der Waals surface area contributed by atoms with Gasteiger partial charge in [0.25, 0.3) is 0 Å². The van der Waals surface area contributed by atoms with E-state index >= 15 is 0 Å². The van der Waals surface area contributed by atoms with Gasteiger partial charge in [0.15, 0.2) is 0 Å². The summed E-state index contributed by atoms with van der Waals surface area (Å²) in [4.78, 5) is 2.23. The molecule has 0 radical (unpaired) electrons. The fraction of sp³-hybridized carbons (Fsp3) is 0.538. The van der Waals surface area contributed by atoms with Gasteiger partial charge in [0.1, 0.15) is 5.82 Å². The molecule has 0 bridgehead atoms. The number of fused-ring (bicyclic) bond motifs is 1. The van der Waals surface area contributed by atoms with Gasteiger partial charge >= 0.3 is 0 Å². The molecule has 1 aliphatic heterocycles. The van der Waals surface area contributed by atoms with Crippen LogP contribution >= 0.6 is 0 Å². The van der Waals surface area contributed by atoms with Crippen LogP contribution in [-0.4, -0.2) is 32.8 Å². The Morgan fingerprint density at radius 3 is 3.06 bits per heavy atom. The largest absolute Gasteiger partial charge is 0.380 e. The smallest absolute Gasteiger partial charge is 0.125 e. The van der Waals surface area contributed by atoms with Crippen molar-refractivity contribution in [3.05, 3.63) is 29.6 Å². The second-order valence-electron chi connectivity index (χ2n) is 4.26. The molecule has 0 saturated heterocycles. The number of benzene rings is 1. The van der Waals surface area contributed by atoms with E-state index in [4.69, 9.17) is 10.5 Å². The van der Waals surface area contributed by atoms with Crippen molar-refractivity contribution in [2.24, 2.45) is 5.73 Å². The van der Waals surface area contributed by atoms with Crippen LogP contribution in [0.4, 0.5) is 10.1 Å². The zero-order valence-electron chi connectivity index (χ0n) is 9.99. The van der Waals surface area contributed by atoms with Crippen molar-refractivity contribution in [2.75, 3.05) is 37.7 Å². The molecule has 0 aliphatic carbocycles. The van der Waals surface area contributed by atoms with Crippen LogP contribution in [0.15, 0.2) is 18.2 Å². The molecular formula is C13H19FN2O. The second kappa shape index (κ2) is 5.98. The van der Waals surface area contributed by atoms with Crippen LogP contribution in [0.2, 0.25) is 0 Å². The van der Waals surface area contributed by atoms with Crippen molar-refractivity contribution >= 4 is 5.69 Å². The van der Waals surface area contributed by atoms with Crippen molar-refractivity contribution < 1.29 is 9.13 Å². The van der Waals surface area contributed by atoms with Gasteiger partial charge < -0.3 is 15.4 Å². The Morgan fingerprint density at radius 2 is 2.24 bits per heavy atom. The fourth-order valence-electron chi connectivity index (χ4n) is 2.19. The summed E-state index contributed by atoms with van der Waals surface area (Å²) in [7, 11) is 0. The van der Waals surface area contributed by atoms with Crippen LogP contribution in [0.1, 0.15) is 12.0 Å². The minimum absolute atomic E-state index is 0.157. The third-order valence-electron chi connectivity index (χ3n) is 3.02. The zero-order chi connectivity index (χ0) is 12.1. The predicted molar refractivity (Wildman–Crippen MR) is 66.8 cm³/mol. The van der Waals surface area contributed by atoms with Crippen molar-refractivity contribution in [3.63, 3.8) is 0 Å². The molecular weight excluding hydrogens is 219 g/mol. The Balaban J connectivity index is 1.82. The van der Waals surface area contributed by atoms with E-state index < -0.39 is 0 Å². The van der Waals surface area contributed by atoms with Gasteiger partial charge in [-0.25, -0.2) is 4.39 Å². The number of rotatable bonds is 6. The van der Waals surface area contributed by atoms with Crippen LogP contribution in [0.25, 0.3) is 0 Å². The van der Waals surface area contributed by atoms with Gasteiger partial charge in [-0.2, -0.15) is 0 Å². The van der Waals surface area contributed by atoms with E-state index in [1.807, 2.05) is 6.07 Å². The van der Waals surface area contributed by atoms with E-state index in [-0.39, 0.29) is 5.82 Å². The van der Waals surface area contributed by atoms with Crippen molar-refractivity contribution in [1.82, 2.24) is 0 Å². The van der Waals surface area contributed by atoms with E-state index in [0.717, 1.165) is 38.2 Å². The third-order valence-corrected chi connectivity index (χ3v) is 3.02. The lowest BCUT2D eigenvalue weighted by molar-refractivity contribution is 0.140. The highest BCUT2D eigenvalue weighted by atomic mass is 19.1. The first kappa shape index (κ1) is 12.3. The molecule has 1 heterocycles. The third kappa shape index (κ3) is 3.17. The average molecular weight is 238 g/mol. The van der Waals surface area contributed by atoms with Crippen LogP contribution in [-0.2, 0) is 11.2 Å². The van der Waals surface area contributed by atoms with Crippen molar-refractivity contribution in [3.8, 4) is 0 Å². The molecule has 94 valence electrons. The molecule has 0 atom stereocenters. The number of hydrogen-bond donors (Lipinski definition) is 1. The summed E-state index contributed by atoms with van der Waals surface area (Å²) >= 11 is 0. The van der Waals surface area contributed by atoms with E-state index in [2.05, 4.69) is 4.90 Å². The standard InChI is InChI=1S/C13H19FN2O/c14-12-3-2-11-4-7-16(13(11)10-12)6-1-8-17-9-5-15/h2-3,10H,1,4-9,15H2.